The van der Waals surface area contributed by atoms with Crippen molar-refractivity contribution in [1.82, 2.24) is 0 Å². The Morgan fingerprint density at radius 2 is 2.08 bits per heavy atom. The van der Waals surface area contributed by atoms with Crippen molar-refractivity contribution in [3.05, 3.63) is 28.8 Å². The lowest BCUT2D eigenvalue weighted by Crippen LogP contribution is -2.24. The van der Waals surface area contributed by atoms with Crippen LogP contribution in [0, 0.1) is 0 Å². The van der Waals surface area contributed by atoms with Gasteiger partial charge in [-0.3, -0.25) is 0 Å². The van der Waals surface area contributed by atoms with Gasteiger partial charge in [-0.15, -0.1) is 0 Å². The van der Waals surface area contributed by atoms with Gasteiger partial charge in [0.1, 0.15) is 0 Å². The monoisotopic (exact) mass is 200 g/mol. The summed E-state index contributed by atoms with van der Waals surface area (Å²) in [5.74, 6) is 0. The van der Waals surface area contributed by atoms with Crippen LogP contribution < -0.4 is 11.5 Å². The largest absolute Gasteiger partial charge is 0.398 e. The van der Waals surface area contributed by atoms with Gasteiger partial charge < -0.3 is 16.6 Å². The number of nitrogens with two attached hydrogens (primary N) is 2. The Balaban J connectivity index is 3.12. The van der Waals surface area contributed by atoms with Crippen molar-refractivity contribution in [2.75, 3.05) is 5.73 Å². The molecule has 3 nitrogen and oxygen atoms in total. The van der Waals surface area contributed by atoms with Crippen LogP contribution in [0.3, 0.4) is 0 Å². The van der Waals surface area contributed by atoms with Gasteiger partial charge in [0.05, 0.1) is 12.1 Å². The molecule has 2 atom stereocenters. The van der Waals surface area contributed by atoms with Crippen LogP contribution in [0.1, 0.15) is 18.5 Å². The van der Waals surface area contributed by atoms with Gasteiger partial charge in [-0.2, -0.15) is 0 Å². The molecular weight excluding hydrogens is 188 g/mol. The van der Waals surface area contributed by atoms with Gasteiger partial charge in [0.15, 0.2) is 0 Å². The van der Waals surface area contributed by atoms with Gasteiger partial charge >= 0.3 is 0 Å². The summed E-state index contributed by atoms with van der Waals surface area (Å²) in [7, 11) is 0. The molecule has 0 saturated heterocycles. The summed E-state index contributed by atoms with van der Waals surface area (Å²) in [6, 6.07) is 4.63. The average molecular weight is 201 g/mol. The number of hydrogen-bond donors (Lipinski definition) is 3. The number of nitrogen functional groups attached to an aromatic ring is 1. The normalized spacial score (nSPS) is 15.4. The van der Waals surface area contributed by atoms with E-state index in [1.165, 1.54) is 0 Å². The molecule has 4 heteroatoms. The number of aliphatic hydroxyl groups excluding tert-OH is 1. The summed E-state index contributed by atoms with van der Waals surface area (Å²) in [6.07, 6.45) is -0.665. The minimum Gasteiger partial charge on any atom is -0.398 e. The second-order valence-electron chi connectivity index (χ2n) is 3.01. The maximum Gasteiger partial charge on any atom is 0.0706 e. The van der Waals surface area contributed by atoms with E-state index < -0.39 is 12.1 Å². The molecule has 0 spiro atoms. The molecule has 1 aromatic carbocycles. The van der Waals surface area contributed by atoms with Crippen LogP contribution in [0.5, 0.6) is 0 Å². The molecule has 1 aromatic rings. The Morgan fingerprint density at radius 3 is 2.54 bits per heavy atom. The number of benzene rings is 1. The first-order valence-electron chi connectivity index (χ1n) is 4.01. The Morgan fingerprint density at radius 1 is 1.46 bits per heavy atom. The van der Waals surface area contributed by atoms with E-state index in [-0.39, 0.29) is 0 Å². The number of halogens is 1. The van der Waals surface area contributed by atoms with E-state index in [0.717, 1.165) is 0 Å². The van der Waals surface area contributed by atoms with Gasteiger partial charge in [-0.1, -0.05) is 17.7 Å². The number of anilines is 1. The molecule has 13 heavy (non-hydrogen) atoms. The highest BCUT2D eigenvalue weighted by Gasteiger charge is 2.17. The highest BCUT2D eigenvalue weighted by molar-refractivity contribution is 6.31. The standard InChI is InChI=1S/C9H13ClN2O/c1-5(13)9(12)8-6(10)3-2-4-7(8)11/h2-5,9,13H,11-12H2,1H3/t5?,9-/m1/s1. The molecular formula is C9H13ClN2O. The van der Waals surface area contributed by atoms with Crippen molar-refractivity contribution in [2.45, 2.75) is 19.1 Å². The van der Waals surface area contributed by atoms with E-state index >= 15 is 0 Å². The minimum atomic E-state index is -0.665. The fraction of sp³-hybridized carbons (Fsp3) is 0.333. The predicted octanol–water partition coefficient (Wildman–Crippen LogP) is 1.30. The van der Waals surface area contributed by atoms with Crippen LogP contribution in [0.2, 0.25) is 5.02 Å². The molecule has 0 radical (unpaired) electrons. The number of hydrogen-bond acceptors (Lipinski definition) is 3. The number of rotatable bonds is 2. The first kappa shape index (κ1) is 10.3. The van der Waals surface area contributed by atoms with Crippen molar-refractivity contribution >= 4 is 17.3 Å². The molecule has 0 aromatic heterocycles. The SMILES string of the molecule is CC(O)[C@@H](N)c1c(N)cccc1Cl. The summed E-state index contributed by atoms with van der Waals surface area (Å²) in [4.78, 5) is 0. The fourth-order valence-corrected chi connectivity index (χ4v) is 1.45. The maximum absolute atomic E-state index is 9.28. The lowest BCUT2D eigenvalue weighted by atomic mass is 10.0. The highest BCUT2D eigenvalue weighted by atomic mass is 35.5. The Labute approximate surface area is 82.3 Å². The van der Waals surface area contributed by atoms with Crippen molar-refractivity contribution in [1.29, 1.82) is 0 Å². The third-order valence-corrected chi connectivity index (χ3v) is 2.27. The van der Waals surface area contributed by atoms with Crippen molar-refractivity contribution in [3.63, 3.8) is 0 Å². The molecule has 0 amide bonds. The van der Waals surface area contributed by atoms with Crippen molar-refractivity contribution in [2.24, 2.45) is 5.73 Å². The molecule has 0 aliphatic carbocycles. The molecule has 0 aliphatic heterocycles. The smallest absolute Gasteiger partial charge is 0.0706 e. The van der Waals surface area contributed by atoms with E-state index in [9.17, 15) is 5.11 Å². The molecule has 1 rings (SSSR count). The zero-order valence-electron chi connectivity index (χ0n) is 7.37. The molecule has 0 bridgehead atoms. The molecule has 0 saturated carbocycles. The van der Waals surface area contributed by atoms with Crippen LogP contribution in [-0.2, 0) is 0 Å². The van der Waals surface area contributed by atoms with Crippen LogP contribution in [0.25, 0.3) is 0 Å². The maximum atomic E-state index is 9.28. The van der Waals surface area contributed by atoms with Crippen molar-refractivity contribution in [3.8, 4) is 0 Å². The van der Waals surface area contributed by atoms with E-state index in [4.69, 9.17) is 23.1 Å². The highest BCUT2D eigenvalue weighted by Crippen LogP contribution is 2.28. The van der Waals surface area contributed by atoms with E-state index in [1.807, 2.05) is 0 Å². The molecule has 1 unspecified atom stereocenters. The minimum absolute atomic E-state index is 0.494. The second kappa shape index (κ2) is 3.96. The Bertz CT molecular complexity index is 281. The Kier molecular flexibility index (Phi) is 3.14. The fourth-order valence-electron chi connectivity index (χ4n) is 1.15. The topological polar surface area (TPSA) is 72.3 Å². The second-order valence-corrected chi connectivity index (χ2v) is 3.42. The zero-order valence-corrected chi connectivity index (χ0v) is 8.12. The third kappa shape index (κ3) is 2.12. The van der Waals surface area contributed by atoms with Gasteiger partial charge in [0.25, 0.3) is 0 Å². The Hall–Kier alpha value is -0.770. The van der Waals surface area contributed by atoms with Gasteiger partial charge in [0.2, 0.25) is 0 Å². The first-order valence-corrected chi connectivity index (χ1v) is 4.39. The summed E-state index contributed by atoms with van der Waals surface area (Å²) in [5, 5.41) is 9.78. The molecule has 0 aliphatic rings. The predicted molar refractivity (Wildman–Crippen MR) is 54.5 cm³/mol. The van der Waals surface area contributed by atoms with Gasteiger partial charge in [-0.05, 0) is 19.1 Å². The summed E-state index contributed by atoms with van der Waals surface area (Å²) < 4.78 is 0. The average Bonchev–Trinajstić information content (AvgIpc) is 2.03. The number of aliphatic hydroxyl groups is 1. The summed E-state index contributed by atoms with van der Waals surface area (Å²) in [6.45, 7) is 1.60. The van der Waals surface area contributed by atoms with Crippen LogP contribution in [-0.4, -0.2) is 11.2 Å². The van der Waals surface area contributed by atoms with Gasteiger partial charge in [-0.25, -0.2) is 0 Å². The molecule has 0 fully saturated rings. The quantitative estimate of drug-likeness (QED) is 0.631. The first-order chi connectivity index (χ1) is 6.04. The molecule has 0 heterocycles. The van der Waals surface area contributed by atoms with Gasteiger partial charge in [0, 0.05) is 16.3 Å². The molecule has 5 N–H and O–H groups in total. The van der Waals surface area contributed by atoms with Crippen LogP contribution >= 0.6 is 11.6 Å². The summed E-state index contributed by atoms with van der Waals surface area (Å²) in [5.41, 5.74) is 12.5. The lowest BCUT2D eigenvalue weighted by Gasteiger charge is -2.18. The van der Waals surface area contributed by atoms with E-state index in [2.05, 4.69) is 0 Å². The van der Waals surface area contributed by atoms with E-state index in [1.54, 1.807) is 25.1 Å². The molecule has 72 valence electrons. The lowest BCUT2D eigenvalue weighted by molar-refractivity contribution is 0.164. The van der Waals surface area contributed by atoms with Crippen LogP contribution in [0.4, 0.5) is 5.69 Å². The van der Waals surface area contributed by atoms with Crippen LogP contribution in [0.15, 0.2) is 18.2 Å². The van der Waals surface area contributed by atoms with Crippen molar-refractivity contribution < 1.29 is 5.11 Å². The summed E-state index contributed by atoms with van der Waals surface area (Å²) >= 11 is 5.90. The zero-order chi connectivity index (χ0) is 10.0. The van der Waals surface area contributed by atoms with E-state index in [0.29, 0.717) is 16.3 Å². The third-order valence-electron chi connectivity index (χ3n) is 1.94.